The van der Waals surface area contributed by atoms with Crippen LogP contribution in [0, 0.1) is 0 Å². The van der Waals surface area contributed by atoms with E-state index in [9.17, 15) is 4.79 Å². The van der Waals surface area contributed by atoms with Crippen LogP contribution in [-0.4, -0.2) is 30.5 Å². The molecular weight excluding hydrogens is 196 g/mol. The maximum atomic E-state index is 11.4. The molecule has 1 amide bonds. The average molecular weight is 216 g/mol. The van der Waals surface area contributed by atoms with E-state index in [0.717, 1.165) is 12.2 Å². The van der Waals surface area contributed by atoms with Gasteiger partial charge < -0.3 is 11.1 Å². The lowest BCUT2D eigenvalue weighted by Crippen LogP contribution is -2.40. The van der Waals surface area contributed by atoms with E-state index in [1.165, 1.54) is 5.57 Å². The summed E-state index contributed by atoms with van der Waals surface area (Å²) < 4.78 is 0. The van der Waals surface area contributed by atoms with Gasteiger partial charge in [-0.15, -0.1) is 0 Å². The van der Waals surface area contributed by atoms with Gasteiger partial charge in [-0.2, -0.15) is 11.8 Å². The smallest absolute Gasteiger partial charge is 0.237 e. The van der Waals surface area contributed by atoms with Gasteiger partial charge in [-0.1, -0.05) is 11.6 Å². The first kappa shape index (κ1) is 13.5. The van der Waals surface area contributed by atoms with Crippen molar-refractivity contribution in [2.24, 2.45) is 5.73 Å². The van der Waals surface area contributed by atoms with Crippen molar-refractivity contribution >= 4 is 17.7 Å². The molecule has 0 aliphatic heterocycles. The third-order valence-corrected chi connectivity index (χ3v) is 2.40. The number of hydrogen-bond acceptors (Lipinski definition) is 3. The zero-order valence-electron chi connectivity index (χ0n) is 9.17. The van der Waals surface area contributed by atoms with E-state index >= 15 is 0 Å². The molecule has 0 aliphatic carbocycles. The summed E-state index contributed by atoms with van der Waals surface area (Å²) in [5.74, 6) is 0.869. The highest BCUT2D eigenvalue weighted by atomic mass is 32.2. The van der Waals surface area contributed by atoms with Crippen LogP contribution in [-0.2, 0) is 4.79 Å². The Bertz CT molecular complexity index is 200. The molecule has 0 spiro atoms. The van der Waals surface area contributed by atoms with Crippen LogP contribution in [0.25, 0.3) is 0 Å². The number of thioether (sulfide) groups is 1. The zero-order valence-corrected chi connectivity index (χ0v) is 9.99. The van der Waals surface area contributed by atoms with Crippen molar-refractivity contribution in [3.05, 3.63) is 11.6 Å². The molecule has 3 nitrogen and oxygen atoms in total. The highest BCUT2D eigenvalue weighted by Gasteiger charge is 2.10. The predicted octanol–water partition coefficient (Wildman–Crippen LogP) is 1.15. The molecule has 0 heterocycles. The Hall–Kier alpha value is -0.480. The summed E-state index contributed by atoms with van der Waals surface area (Å²) >= 11 is 1.70. The van der Waals surface area contributed by atoms with Crippen LogP contribution in [0.3, 0.4) is 0 Å². The molecule has 0 aromatic heterocycles. The Balaban J connectivity index is 3.67. The summed E-state index contributed by atoms with van der Waals surface area (Å²) in [5, 5.41) is 2.77. The molecule has 0 aromatic carbocycles. The molecule has 0 saturated heterocycles. The predicted molar refractivity (Wildman–Crippen MR) is 63.4 cm³/mol. The molecule has 0 unspecified atom stereocenters. The van der Waals surface area contributed by atoms with Crippen LogP contribution in [0.1, 0.15) is 20.3 Å². The number of rotatable bonds is 6. The van der Waals surface area contributed by atoms with Crippen molar-refractivity contribution in [3.63, 3.8) is 0 Å². The third kappa shape index (κ3) is 6.97. The summed E-state index contributed by atoms with van der Waals surface area (Å²) in [7, 11) is 0. The number of carbonyl (C=O) groups is 1. The average Bonchev–Trinajstić information content (AvgIpc) is 2.13. The molecule has 14 heavy (non-hydrogen) atoms. The van der Waals surface area contributed by atoms with Gasteiger partial charge in [0.15, 0.2) is 0 Å². The zero-order chi connectivity index (χ0) is 11.0. The van der Waals surface area contributed by atoms with Crippen LogP contribution in [0.15, 0.2) is 11.6 Å². The van der Waals surface area contributed by atoms with Gasteiger partial charge >= 0.3 is 0 Å². The Kier molecular flexibility index (Phi) is 7.61. The van der Waals surface area contributed by atoms with E-state index in [4.69, 9.17) is 5.73 Å². The first-order valence-corrected chi connectivity index (χ1v) is 6.13. The maximum absolute atomic E-state index is 11.4. The van der Waals surface area contributed by atoms with Crippen molar-refractivity contribution in [1.82, 2.24) is 5.32 Å². The van der Waals surface area contributed by atoms with Crippen molar-refractivity contribution in [2.75, 3.05) is 18.6 Å². The van der Waals surface area contributed by atoms with E-state index in [1.54, 1.807) is 11.8 Å². The van der Waals surface area contributed by atoms with Crippen LogP contribution in [0.5, 0.6) is 0 Å². The number of nitrogens with one attached hydrogen (secondary N) is 1. The van der Waals surface area contributed by atoms with Gasteiger partial charge in [-0.05, 0) is 32.3 Å². The highest BCUT2D eigenvalue weighted by Crippen LogP contribution is 1.98. The second-order valence-electron chi connectivity index (χ2n) is 3.41. The SMILES string of the molecule is CSCC[C@@H](N)C(=O)NCC=C(C)C. The minimum atomic E-state index is -0.368. The Morgan fingerprint density at radius 3 is 2.71 bits per heavy atom. The largest absolute Gasteiger partial charge is 0.351 e. The number of amides is 1. The first-order chi connectivity index (χ1) is 6.57. The van der Waals surface area contributed by atoms with E-state index in [0.29, 0.717) is 6.54 Å². The van der Waals surface area contributed by atoms with Crippen LogP contribution in [0.2, 0.25) is 0 Å². The van der Waals surface area contributed by atoms with Crippen LogP contribution < -0.4 is 11.1 Å². The second kappa shape index (κ2) is 7.88. The van der Waals surface area contributed by atoms with E-state index in [-0.39, 0.29) is 11.9 Å². The summed E-state index contributed by atoms with van der Waals surface area (Å²) in [6, 6.07) is -0.368. The lowest BCUT2D eigenvalue weighted by atomic mass is 10.2. The van der Waals surface area contributed by atoms with Gasteiger partial charge in [0.1, 0.15) is 0 Å². The minimum absolute atomic E-state index is 0.0587. The molecule has 0 bridgehead atoms. The topological polar surface area (TPSA) is 55.1 Å². The van der Waals surface area contributed by atoms with E-state index < -0.39 is 0 Å². The Morgan fingerprint density at radius 2 is 2.21 bits per heavy atom. The van der Waals surface area contributed by atoms with Crippen molar-refractivity contribution < 1.29 is 4.79 Å². The summed E-state index contributed by atoms with van der Waals surface area (Å²) in [6.45, 7) is 4.58. The summed E-state index contributed by atoms with van der Waals surface area (Å²) in [5.41, 5.74) is 6.87. The summed E-state index contributed by atoms with van der Waals surface area (Å²) in [4.78, 5) is 11.4. The Morgan fingerprint density at radius 1 is 1.57 bits per heavy atom. The van der Waals surface area contributed by atoms with Gasteiger partial charge in [0.05, 0.1) is 6.04 Å². The lowest BCUT2D eigenvalue weighted by molar-refractivity contribution is -0.122. The van der Waals surface area contributed by atoms with E-state index in [1.807, 2.05) is 26.2 Å². The third-order valence-electron chi connectivity index (χ3n) is 1.76. The molecule has 0 aromatic rings. The van der Waals surface area contributed by atoms with Gasteiger partial charge in [-0.25, -0.2) is 0 Å². The number of allylic oxidation sites excluding steroid dienone is 1. The normalized spacial score (nSPS) is 12.0. The number of hydrogen-bond donors (Lipinski definition) is 2. The minimum Gasteiger partial charge on any atom is -0.351 e. The fourth-order valence-electron chi connectivity index (χ4n) is 0.863. The molecule has 82 valence electrons. The van der Waals surface area contributed by atoms with Crippen molar-refractivity contribution in [3.8, 4) is 0 Å². The standard InChI is InChI=1S/C10H20N2OS/c1-8(2)4-6-12-10(13)9(11)5-7-14-3/h4,9H,5-7,11H2,1-3H3,(H,12,13)/t9-/m1/s1. The molecular formula is C10H20N2OS. The molecule has 4 heteroatoms. The van der Waals surface area contributed by atoms with Gasteiger partial charge in [0, 0.05) is 6.54 Å². The summed E-state index contributed by atoms with van der Waals surface area (Å²) in [6.07, 6.45) is 4.72. The fourth-order valence-corrected chi connectivity index (χ4v) is 1.35. The second-order valence-corrected chi connectivity index (χ2v) is 4.40. The fraction of sp³-hybridized carbons (Fsp3) is 0.700. The number of carbonyl (C=O) groups excluding carboxylic acids is 1. The quantitative estimate of drug-likeness (QED) is 0.655. The van der Waals surface area contributed by atoms with Gasteiger partial charge in [0.2, 0.25) is 5.91 Å². The molecule has 0 fully saturated rings. The maximum Gasteiger partial charge on any atom is 0.237 e. The molecule has 3 N–H and O–H groups in total. The number of nitrogens with two attached hydrogens (primary N) is 1. The van der Waals surface area contributed by atoms with Gasteiger partial charge in [-0.3, -0.25) is 4.79 Å². The molecule has 0 saturated carbocycles. The van der Waals surface area contributed by atoms with Gasteiger partial charge in [0.25, 0.3) is 0 Å². The monoisotopic (exact) mass is 216 g/mol. The van der Waals surface area contributed by atoms with Crippen molar-refractivity contribution in [2.45, 2.75) is 26.3 Å². The molecule has 0 aliphatic rings. The molecule has 0 radical (unpaired) electrons. The lowest BCUT2D eigenvalue weighted by Gasteiger charge is -2.10. The molecule has 0 rings (SSSR count). The Labute approximate surface area is 90.5 Å². The molecule has 1 atom stereocenters. The first-order valence-electron chi connectivity index (χ1n) is 4.73. The van der Waals surface area contributed by atoms with Crippen molar-refractivity contribution in [1.29, 1.82) is 0 Å². The van der Waals surface area contributed by atoms with E-state index in [2.05, 4.69) is 5.32 Å². The van der Waals surface area contributed by atoms with Crippen LogP contribution in [0.4, 0.5) is 0 Å². The van der Waals surface area contributed by atoms with Crippen LogP contribution >= 0.6 is 11.8 Å². The highest BCUT2D eigenvalue weighted by molar-refractivity contribution is 7.98.